The molecule has 1 heterocycles. The molecule has 0 amide bonds. The molecule has 2 atom stereocenters. The van der Waals surface area contributed by atoms with Gasteiger partial charge in [0.15, 0.2) is 0 Å². The fourth-order valence-corrected chi connectivity index (χ4v) is 5.21. The van der Waals surface area contributed by atoms with Crippen molar-refractivity contribution in [1.29, 1.82) is 0 Å². The summed E-state index contributed by atoms with van der Waals surface area (Å²) >= 11 is 5.96. The molecule has 2 rings (SSSR count). The highest BCUT2D eigenvalue weighted by Crippen LogP contribution is 2.32. The summed E-state index contributed by atoms with van der Waals surface area (Å²) in [5, 5.41) is 0. The summed E-state index contributed by atoms with van der Waals surface area (Å²) in [6.45, 7) is 6.37. The van der Waals surface area contributed by atoms with Gasteiger partial charge in [-0.15, -0.1) is 11.6 Å². The molecular weight excluding hydrogens is 282 g/mol. The topological polar surface area (TPSA) is 37.4 Å². The molecule has 0 aromatic heterocycles. The van der Waals surface area contributed by atoms with Crippen LogP contribution in [0, 0.1) is 19.8 Å². The Bertz CT molecular complexity index is 571. The molecule has 106 valence electrons. The number of hydrogen-bond acceptors (Lipinski definition) is 2. The minimum Gasteiger partial charge on any atom is -0.207 e. The standard InChI is InChI=1S/C14H20ClNO2S/c1-10-4-5-12(3)14(8-10)19(17,18)16-7-6-11(2)13(16)9-15/h4-5,8,11,13H,6-7,9H2,1-3H3. The molecule has 1 saturated heterocycles. The highest BCUT2D eigenvalue weighted by atomic mass is 35.5. The quantitative estimate of drug-likeness (QED) is 0.805. The molecule has 2 unspecified atom stereocenters. The maximum Gasteiger partial charge on any atom is 0.243 e. The molecular formula is C14H20ClNO2S. The molecule has 0 aliphatic carbocycles. The SMILES string of the molecule is Cc1ccc(C)c(S(=O)(=O)N2CCC(C)C2CCl)c1. The Kier molecular flexibility index (Phi) is 4.23. The van der Waals surface area contributed by atoms with Gasteiger partial charge in [0.2, 0.25) is 10.0 Å². The van der Waals surface area contributed by atoms with Gasteiger partial charge in [-0.05, 0) is 43.4 Å². The number of nitrogens with zero attached hydrogens (tertiary/aromatic N) is 1. The Balaban J connectivity index is 2.45. The van der Waals surface area contributed by atoms with Crippen molar-refractivity contribution in [2.24, 2.45) is 5.92 Å². The molecule has 5 heteroatoms. The van der Waals surface area contributed by atoms with E-state index in [1.54, 1.807) is 10.4 Å². The third kappa shape index (κ3) is 2.67. The van der Waals surface area contributed by atoms with Crippen LogP contribution in [0.15, 0.2) is 23.1 Å². The van der Waals surface area contributed by atoms with Crippen LogP contribution in [0.1, 0.15) is 24.5 Å². The maximum atomic E-state index is 12.8. The van der Waals surface area contributed by atoms with Crippen molar-refractivity contribution in [2.45, 2.75) is 38.1 Å². The second-order valence-electron chi connectivity index (χ2n) is 5.37. The van der Waals surface area contributed by atoms with Crippen molar-refractivity contribution in [3.05, 3.63) is 29.3 Å². The van der Waals surface area contributed by atoms with Crippen LogP contribution < -0.4 is 0 Å². The van der Waals surface area contributed by atoms with E-state index in [1.807, 2.05) is 26.0 Å². The Morgan fingerprint density at radius 3 is 2.68 bits per heavy atom. The monoisotopic (exact) mass is 301 g/mol. The summed E-state index contributed by atoms with van der Waals surface area (Å²) in [6, 6.07) is 5.45. The number of sulfonamides is 1. The van der Waals surface area contributed by atoms with E-state index in [1.165, 1.54) is 0 Å². The molecule has 1 aromatic carbocycles. The average molecular weight is 302 g/mol. The second-order valence-corrected chi connectivity index (χ2v) is 7.54. The van der Waals surface area contributed by atoms with Crippen molar-refractivity contribution >= 4 is 21.6 Å². The lowest BCUT2D eigenvalue weighted by Crippen LogP contribution is -2.38. The fourth-order valence-electron chi connectivity index (χ4n) is 2.61. The zero-order valence-electron chi connectivity index (χ0n) is 11.6. The Labute approximate surface area is 120 Å². The predicted molar refractivity (Wildman–Crippen MR) is 78.1 cm³/mol. The third-order valence-electron chi connectivity index (χ3n) is 3.92. The Morgan fingerprint density at radius 2 is 2.05 bits per heavy atom. The smallest absolute Gasteiger partial charge is 0.207 e. The predicted octanol–water partition coefficient (Wildman–Crippen LogP) is 2.94. The van der Waals surface area contributed by atoms with Crippen molar-refractivity contribution in [3.63, 3.8) is 0 Å². The molecule has 3 nitrogen and oxygen atoms in total. The van der Waals surface area contributed by atoms with Gasteiger partial charge in [0.05, 0.1) is 4.90 Å². The van der Waals surface area contributed by atoms with Crippen LogP contribution in [0.5, 0.6) is 0 Å². The van der Waals surface area contributed by atoms with Gasteiger partial charge in [0.25, 0.3) is 0 Å². The third-order valence-corrected chi connectivity index (χ3v) is 6.30. The van der Waals surface area contributed by atoms with Gasteiger partial charge < -0.3 is 0 Å². The minimum atomic E-state index is -3.44. The van der Waals surface area contributed by atoms with Crippen LogP contribution in [0.2, 0.25) is 0 Å². The first-order chi connectivity index (χ1) is 8.87. The Hall–Kier alpha value is -0.580. The number of alkyl halides is 1. The number of aryl methyl sites for hydroxylation is 2. The van der Waals surface area contributed by atoms with Gasteiger partial charge in [-0.2, -0.15) is 4.31 Å². The first-order valence-corrected chi connectivity index (χ1v) is 8.50. The van der Waals surface area contributed by atoms with Gasteiger partial charge in [-0.25, -0.2) is 8.42 Å². The van der Waals surface area contributed by atoms with E-state index in [-0.39, 0.29) is 6.04 Å². The van der Waals surface area contributed by atoms with Crippen molar-refractivity contribution in [3.8, 4) is 0 Å². The van der Waals surface area contributed by atoms with Crippen LogP contribution in [0.25, 0.3) is 0 Å². The largest absolute Gasteiger partial charge is 0.243 e. The zero-order chi connectivity index (χ0) is 14.2. The summed E-state index contributed by atoms with van der Waals surface area (Å²) in [6.07, 6.45) is 0.876. The molecule has 1 aliphatic rings. The second kappa shape index (κ2) is 5.43. The summed E-state index contributed by atoms with van der Waals surface area (Å²) in [7, 11) is -3.44. The molecule has 19 heavy (non-hydrogen) atoms. The number of rotatable bonds is 3. The molecule has 0 bridgehead atoms. The van der Waals surface area contributed by atoms with Crippen molar-refractivity contribution < 1.29 is 8.42 Å². The number of halogens is 1. The molecule has 0 radical (unpaired) electrons. The Morgan fingerprint density at radius 1 is 1.37 bits per heavy atom. The van der Waals surface area contributed by atoms with E-state index in [9.17, 15) is 8.42 Å². The average Bonchev–Trinajstić information content (AvgIpc) is 2.74. The van der Waals surface area contributed by atoms with Gasteiger partial charge >= 0.3 is 0 Å². The zero-order valence-corrected chi connectivity index (χ0v) is 13.1. The highest BCUT2D eigenvalue weighted by Gasteiger charge is 2.39. The molecule has 1 aliphatic heterocycles. The normalized spacial score (nSPS) is 24.8. The van der Waals surface area contributed by atoms with E-state index < -0.39 is 10.0 Å². The maximum absolute atomic E-state index is 12.8. The van der Waals surface area contributed by atoms with E-state index in [2.05, 4.69) is 6.92 Å². The van der Waals surface area contributed by atoms with Crippen LogP contribution in [-0.4, -0.2) is 31.2 Å². The first kappa shape index (κ1) is 14.8. The summed E-state index contributed by atoms with van der Waals surface area (Å²) in [5.41, 5.74) is 1.75. The number of benzene rings is 1. The molecule has 1 aromatic rings. The first-order valence-electron chi connectivity index (χ1n) is 6.53. The van der Waals surface area contributed by atoms with Crippen LogP contribution in [-0.2, 0) is 10.0 Å². The van der Waals surface area contributed by atoms with E-state index >= 15 is 0 Å². The number of hydrogen-bond donors (Lipinski definition) is 0. The minimum absolute atomic E-state index is 0.0911. The van der Waals surface area contributed by atoms with Crippen LogP contribution >= 0.6 is 11.6 Å². The summed E-state index contributed by atoms with van der Waals surface area (Å²) in [4.78, 5) is 0.414. The lowest BCUT2D eigenvalue weighted by Gasteiger charge is -2.25. The van der Waals surface area contributed by atoms with Crippen molar-refractivity contribution in [2.75, 3.05) is 12.4 Å². The summed E-state index contributed by atoms with van der Waals surface area (Å²) < 4.78 is 27.2. The highest BCUT2D eigenvalue weighted by molar-refractivity contribution is 7.89. The summed E-state index contributed by atoms with van der Waals surface area (Å²) in [5.74, 6) is 0.669. The lowest BCUT2D eigenvalue weighted by molar-refractivity contribution is 0.375. The van der Waals surface area contributed by atoms with Crippen LogP contribution in [0.3, 0.4) is 0 Å². The molecule has 0 N–H and O–H groups in total. The van der Waals surface area contributed by atoms with Gasteiger partial charge in [-0.3, -0.25) is 0 Å². The van der Waals surface area contributed by atoms with Crippen molar-refractivity contribution in [1.82, 2.24) is 4.31 Å². The van der Waals surface area contributed by atoms with Gasteiger partial charge in [-0.1, -0.05) is 19.1 Å². The molecule has 1 fully saturated rings. The van der Waals surface area contributed by atoms with E-state index in [4.69, 9.17) is 11.6 Å². The molecule has 0 spiro atoms. The van der Waals surface area contributed by atoms with Gasteiger partial charge in [0, 0.05) is 18.5 Å². The van der Waals surface area contributed by atoms with Gasteiger partial charge in [0.1, 0.15) is 0 Å². The van der Waals surface area contributed by atoms with Crippen LogP contribution in [0.4, 0.5) is 0 Å². The fraction of sp³-hybridized carbons (Fsp3) is 0.571. The van der Waals surface area contributed by atoms with E-state index in [0.29, 0.717) is 23.2 Å². The molecule has 0 saturated carbocycles. The lowest BCUT2D eigenvalue weighted by atomic mass is 10.1. The van der Waals surface area contributed by atoms with E-state index in [0.717, 1.165) is 17.5 Å².